The van der Waals surface area contributed by atoms with Crippen LogP contribution in [-0.4, -0.2) is 42.3 Å². The van der Waals surface area contributed by atoms with Crippen LogP contribution in [0.2, 0.25) is 0 Å². The molecule has 1 aliphatic rings. The molecular weight excluding hydrogens is 264 g/mol. The van der Waals surface area contributed by atoms with Crippen LogP contribution < -0.4 is 5.32 Å². The van der Waals surface area contributed by atoms with Crippen molar-refractivity contribution in [2.75, 3.05) is 13.2 Å². The SMILES string of the molecule is CCCCC1NC(CCC)N(C(COCC)C(C)C)C1=O. The Balaban J connectivity index is 2.83. The molecule has 0 aromatic carbocycles. The largest absolute Gasteiger partial charge is 0.380 e. The van der Waals surface area contributed by atoms with Crippen LogP contribution in [0.1, 0.15) is 66.7 Å². The van der Waals surface area contributed by atoms with Crippen LogP contribution in [0.4, 0.5) is 0 Å². The lowest BCUT2D eigenvalue weighted by atomic mass is 10.0. The lowest BCUT2D eigenvalue weighted by molar-refractivity contribution is -0.135. The second kappa shape index (κ2) is 9.42. The van der Waals surface area contributed by atoms with Gasteiger partial charge in [-0.1, -0.05) is 47.0 Å². The number of ether oxygens (including phenoxy) is 1. The van der Waals surface area contributed by atoms with E-state index < -0.39 is 0 Å². The first-order valence-electron chi connectivity index (χ1n) is 8.72. The monoisotopic (exact) mass is 298 g/mol. The minimum absolute atomic E-state index is 0.00405. The molecule has 1 heterocycles. The Morgan fingerprint density at radius 2 is 1.90 bits per heavy atom. The topological polar surface area (TPSA) is 41.6 Å². The normalized spacial score (nSPS) is 24.1. The first-order valence-corrected chi connectivity index (χ1v) is 8.72. The second-order valence-electron chi connectivity index (χ2n) is 6.38. The zero-order chi connectivity index (χ0) is 15.8. The van der Waals surface area contributed by atoms with E-state index in [4.69, 9.17) is 4.74 Å². The fourth-order valence-corrected chi connectivity index (χ4v) is 3.06. The molecular formula is C17H34N2O2. The maximum Gasteiger partial charge on any atom is 0.241 e. The first-order chi connectivity index (χ1) is 10.1. The van der Waals surface area contributed by atoms with Crippen molar-refractivity contribution in [1.29, 1.82) is 0 Å². The molecule has 124 valence electrons. The van der Waals surface area contributed by atoms with Gasteiger partial charge < -0.3 is 9.64 Å². The van der Waals surface area contributed by atoms with Gasteiger partial charge in [0, 0.05) is 6.61 Å². The van der Waals surface area contributed by atoms with E-state index in [0.29, 0.717) is 19.1 Å². The molecule has 0 radical (unpaired) electrons. The highest BCUT2D eigenvalue weighted by molar-refractivity contribution is 5.84. The number of rotatable bonds is 10. The van der Waals surface area contributed by atoms with E-state index in [1.807, 2.05) is 6.92 Å². The fourth-order valence-electron chi connectivity index (χ4n) is 3.06. The number of hydrogen-bond acceptors (Lipinski definition) is 3. The summed E-state index contributed by atoms with van der Waals surface area (Å²) in [7, 11) is 0. The molecule has 0 aliphatic carbocycles. The van der Waals surface area contributed by atoms with Crippen LogP contribution in [0.25, 0.3) is 0 Å². The molecule has 1 rings (SSSR count). The smallest absolute Gasteiger partial charge is 0.241 e. The number of amides is 1. The van der Waals surface area contributed by atoms with Crippen molar-refractivity contribution in [3.05, 3.63) is 0 Å². The number of carbonyl (C=O) groups is 1. The molecule has 4 heteroatoms. The van der Waals surface area contributed by atoms with E-state index in [0.717, 1.165) is 32.1 Å². The quantitative estimate of drug-likeness (QED) is 0.673. The average Bonchev–Trinajstić information content (AvgIpc) is 2.74. The van der Waals surface area contributed by atoms with Crippen LogP contribution in [0.15, 0.2) is 0 Å². The highest BCUT2D eigenvalue weighted by Gasteiger charge is 2.42. The molecule has 0 aromatic heterocycles. The lowest BCUT2D eigenvalue weighted by Crippen LogP contribution is -2.49. The third kappa shape index (κ3) is 4.96. The molecule has 0 saturated carbocycles. The van der Waals surface area contributed by atoms with Gasteiger partial charge in [-0.15, -0.1) is 0 Å². The number of unbranched alkanes of at least 4 members (excludes halogenated alkanes) is 1. The fraction of sp³-hybridized carbons (Fsp3) is 0.941. The summed E-state index contributed by atoms with van der Waals surface area (Å²) in [5.74, 6) is 0.687. The minimum Gasteiger partial charge on any atom is -0.380 e. The van der Waals surface area contributed by atoms with Gasteiger partial charge in [0.25, 0.3) is 0 Å². The standard InChI is InChI=1S/C17H34N2O2/c1-6-9-11-14-17(20)19(16(18-14)10-7-2)15(13(4)5)12-21-8-3/h13-16,18H,6-12H2,1-5H3. The highest BCUT2D eigenvalue weighted by atomic mass is 16.5. The molecule has 1 aliphatic heterocycles. The van der Waals surface area contributed by atoms with Gasteiger partial charge in [-0.25, -0.2) is 0 Å². The highest BCUT2D eigenvalue weighted by Crippen LogP contribution is 2.25. The molecule has 1 amide bonds. The van der Waals surface area contributed by atoms with Crippen molar-refractivity contribution >= 4 is 5.91 Å². The zero-order valence-corrected chi connectivity index (χ0v) is 14.5. The third-order valence-electron chi connectivity index (χ3n) is 4.31. The van der Waals surface area contributed by atoms with Gasteiger partial charge in [-0.2, -0.15) is 0 Å². The first kappa shape index (κ1) is 18.4. The van der Waals surface area contributed by atoms with Crippen molar-refractivity contribution in [2.24, 2.45) is 5.92 Å². The van der Waals surface area contributed by atoms with Crippen LogP contribution in [-0.2, 0) is 9.53 Å². The lowest BCUT2D eigenvalue weighted by Gasteiger charge is -2.35. The van der Waals surface area contributed by atoms with E-state index in [2.05, 4.69) is 37.9 Å². The van der Waals surface area contributed by atoms with E-state index in [1.54, 1.807) is 0 Å². The molecule has 4 nitrogen and oxygen atoms in total. The number of nitrogens with one attached hydrogen (secondary N) is 1. The Bertz CT molecular complexity index is 307. The van der Waals surface area contributed by atoms with E-state index in [1.165, 1.54) is 0 Å². The summed E-state index contributed by atoms with van der Waals surface area (Å²) in [6.07, 6.45) is 5.47. The predicted molar refractivity (Wildman–Crippen MR) is 87.1 cm³/mol. The summed E-state index contributed by atoms with van der Waals surface area (Å²) in [5, 5.41) is 3.56. The number of nitrogens with zero attached hydrogens (tertiary/aromatic N) is 1. The molecule has 1 fully saturated rings. The summed E-state index contributed by atoms with van der Waals surface area (Å²) in [5.41, 5.74) is 0. The Hall–Kier alpha value is -0.610. The third-order valence-corrected chi connectivity index (χ3v) is 4.31. The van der Waals surface area contributed by atoms with Crippen molar-refractivity contribution in [3.8, 4) is 0 Å². The van der Waals surface area contributed by atoms with Crippen molar-refractivity contribution in [3.63, 3.8) is 0 Å². The molecule has 1 saturated heterocycles. The van der Waals surface area contributed by atoms with E-state index in [9.17, 15) is 4.79 Å². The number of carbonyl (C=O) groups excluding carboxylic acids is 1. The van der Waals surface area contributed by atoms with Crippen LogP contribution in [0.5, 0.6) is 0 Å². The molecule has 0 spiro atoms. The summed E-state index contributed by atoms with van der Waals surface area (Å²) < 4.78 is 5.64. The van der Waals surface area contributed by atoms with Gasteiger partial charge in [-0.3, -0.25) is 10.1 Å². The Morgan fingerprint density at radius 1 is 1.19 bits per heavy atom. The van der Waals surface area contributed by atoms with Crippen LogP contribution >= 0.6 is 0 Å². The van der Waals surface area contributed by atoms with Gasteiger partial charge in [0.05, 0.1) is 24.9 Å². The van der Waals surface area contributed by atoms with E-state index >= 15 is 0 Å². The van der Waals surface area contributed by atoms with E-state index in [-0.39, 0.29) is 24.2 Å². The Labute approximate surface area is 130 Å². The maximum atomic E-state index is 12.8. The van der Waals surface area contributed by atoms with Gasteiger partial charge in [0.2, 0.25) is 5.91 Å². The van der Waals surface area contributed by atoms with Gasteiger partial charge in [0.15, 0.2) is 0 Å². The second-order valence-corrected chi connectivity index (χ2v) is 6.38. The minimum atomic E-state index is 0.00405. The maximum absolute atomic E-state index is 12.8. The van der Waals surface area contributed by atoms with Crippen molar-refractivity contribution in [1.82, 2.24) is 10.2 Å². The summed E-state index contributed by atoms with van der Waals surface area (Å²) >= 11 is 0. The van der Waals surface area contributed by atoms with Gasteiger partial charge in [0.1, 0.15) is 0 Å². The molecule has 3 unspecified atom stereocenters. The summed E-state index contributed by atoms with van der Waals surface area (Å²) in [4.78, 5) is 14.9. The average molecular weight is 298 g/mol. The Kier molecular flexibility index (Phi) is 8.27. The van der Waals surface area contributed by atoms with Crippen molar-refractivity contribution < 1.29 is 9.53 Å². The van der Waals surface area contributed by atoms with Crippen LogP contribution in [0.3, 0.4) is 0 Å². The molecule has 1 N–H and O–H groups in total. The zero-order valence-electron chi connectivity index (χ0n) is 14.5. The predicted octanol–water partition coefficient (Wildman–Crippen LogP) is 3.16. The molecule has 0 aromatic rings. The molecule has 21 heavy (non-hydrogen) atoms. The Morgan fingerprint density at radius 3 is 2.43 bits per heavy atom. The van der Waals surface area contributed by atoms with Crippen LogP contribution in [0, 0.1) is 5.92 Å². The van der Waals surface area contributed by atoms with Gasteiger partial charge >= 0.3 is 0 Å². The molecule has 3 atom stereocenters. The number of hydrogen-bond donors (Lipinski definition) is 1. The summed E-state index contributed by atoms with van der Waals surface area (Å²) in [6.45, 7) is 12.1. The summed E-state index contributed by atoms with van der Waals surface area (Å²) in [6, 6.07) is 0.178. The molecule has 0 bridgehead atoms. The van der Waals surface area contributed by atoms with Gasteiger partial charge in [-0.05, 0) is 25.7 Å². The van der Waals surface area contributed by atoms with Crippen molar-refractivity contribution in [2.45, 2.75) is 85.0 Å².